The number of hydrogen-bond donors (Lipinski definition) is 6. The van der Waals surface area contributed by atoms with Crippen molar-refractivity contribution in [2.24, 2.45) is 11.5 Å². The van der Waals surface area contributed by atoms with Gasteiger partial charge in [-0.1, -0.05) is 75.4 Å². The van der Waals surface area contributed by atoms with E-state index in [0.717, 1.165) is 35.4 Å². The number of hydrogen-bond acceptors (Lipinski definition) is 7. The van der Waals surface area contributed by atoms with E-state index in [9.17, 15) is 19.5 Å². The van der Waals surface area contributed by atoms with Crippen LogP contribution in [0.4, 0.5) is 0 Å². The van der Waals surface area contributed by atoms with Gasteiger partial charge in [0.2, 0.25) is 0 Å². The van der Waals surface area contributed by atoms with E-state index in [1.54, 1.807) is 9.25 Å². The van der Waals surface area contributed by atoms with Gasteiger partial charge in [-0.15, -0.1) is 0 Å². The number of carboxylic acids is 2. The Hall–Kier alpha value is -5.43. The Bertz CT molecular complexity index is 1880. The summed E-state index contributed by atoms with van der Waals surface area (Å²) in [5.74, 6) is -0.581. The van der Waals surface area contributed by atoms with E-state index in [4.69, 9.17) is 31.8 Å². The number of aromatic nitrogens is 3. The van der Waals surface area contributed by atoms with Crippen LogP contribution in [-0.4, -0.2) is 61.7 Å². The van der Waals surface area contributed by atoms with Crippen molar-refractivity contribution < 1.29 is 24.5 Å². The molecule has 3 aromatic carbocycles. The van der Waals surface area contributed by atoms with Crippen molar-refractivity contribution in [3.05, 3.63) is 105 Å². The predicted octanol–water partition coefficient (Wildman–Crippen LogP) is 4.94. The molecule has 0 radical (unpaired) electrons. The third-order valence-corrected chi connectivity index (χ3v) is 8.62. The first-order valence-electron chi connectivity index (χ1n) is 18.0. The number of nitrogens with two attached hydrogens (primary N) is 2. The molecule has 0 saturated heterocycles. The maximum Gasteiger partial charge on any atom is 0.346 e. The molecule has 286 valence electrons. The second kappa shape index (κ2) is 20.0. The van der Waals surface area contributed by atoms with Crippen LogP contribution in [0, 0.1) is 5.41 Å². The van der Waals surface area contributed by atoms with E-state index in [2.05, 4.69) is 62.5 Å². The minimum Gasteiger partial charge on any atom is -0.494 e. The minimum absolute atomic E-state index is 0.0722. The molecule has 1 atom stereocenters. The van der Waals surface area contributed by atoms with Gasteiger partial charge >= 0.3 is 17.6 Å². The molecule has 0 aliphatic rings. The average molecular weight is 730 g/mol. The molecule has 4 rings (SSSR count). The lowest BCUT2D eigenvalue weighted by molar-refractivity contribution is -0.139. The monoisotopic (exact) mass is 729 g/mol. The molecule has 1 heterocycles. The van der Waals surface area contributed by atoms with Crippen molar-refractivity contribution in [2.75, 3.05) is 13.2 Å². The average Bonchev–Trinajstić information content (AvgIpc) is 3.40. The Labute approximate surface area is 311 Å². The molecular weight excluding hydrogens is 674 g/mol. The highest BCUT2D eigenvalue weighted by atomic mass is 16.5. The molecule has 53 heavy (non-hydrogen) atoms. The Morgan fingerprint density at radius 3 is 2.26 bits per heavy atom. The van der Waals surface area contributed by atoms with E-state index < -0.39 is 18.0 Å². The van der Waals surface area contributed by atoms with Crippen molar-refractivity contribution in [3.63, 3.8) is 0 Å². The Balaban J connectivity index is 0.000000541. The zero-order valence-corrected chi connectivity index (χ0v) is 31.5. The summed E-state index contributed by atoms with van der Waals surface area (Å²) in [5.41, 5.74) is 16.4. The highest BCUT2D eigenvalue weighted by Gasteiger charge is 2.16. The van der Waals surface area contributed by atoms with Crippen LogP contribution in [0.25, 0.3) is 11.1 Å². The molecule has 4 aromatic rings. The molecule has 13 heteroatoms. The van der Waals surface area contributed by atoms with Crippen LogP contribution in [0.2, 0.25) is 0 Å². The van der Waals surface area contributed by atoms with E-state index in [1.165, 1.54) is 11.1 Å². The number of aryl methyl sites for hydroxylation is 2. The van der Waals surface area contributed by atoms with Crippen LogP contribution in [0.3, 0.4) is 0 Å². The number of benzene rings is 3. The van der Waals surface area contributed by atoms with Gasteiger partial charge in [0, 0.05) is 25.1 Å². The standard InChI is InChI=1S/C34H41N3O4.C6H14N4O2/c1-6-36-31(35-37(33(36)40)23-25-14-17-29(18-15-25)34(3,4)5)13-9-11-24-10-8-12-26(20-24)27-16-19-30(41-7-2)28(21-27)22-32(38)39;7-4(5(11)12)2-1-3-10-6(8)9/h8,10,12,14-21H,6-7,9,11,13,22-23H2,1-5H3,(H,38,39);4H,1-3,7H2,(H,11,12)(H4,8,9,10)/t;4-/m.0/s1. The highest BCUT2D eigenvalue weighted by molar-refractivity contribution is 5.75. The van der Waals surface area contributed by atoms with Gasteiger partial charge < -0.3 is 31.7 Å². The molecule has 0 unspecified atom stereocenters. The molecule has 0 aliphatic heterocycles. The van der Waals surface area contributed by atoms with Gasteiger partial charge in [-0.2, -0.15) is 5.10 Å². The zero-order valence-electron chi connectivity index (χ0n) is 31.5. The molecule has 0 spiro atoms. The van der Waals surface area contributed by atoms with Gasteiger partial charge in [-0.3, -0.25) is 19.6 Å². The van der Waals surface area contributed by atoms with Crippen LogP contribution in [0.1, 0.15) is 82.0 Å². The van der Waals surface area contributed by atoms with Crippen LogP contribution < -0.4 is 27.2 Å². The molecule has 13 nitrogen and oxygen atoms in total. The summed E-state index contributed by atoms with van der Waals surface area (Å²) >= 11 is 0. The van der Waals surface area contributed by atoms with Crippen LogP contribution in [0.15, 0.2) is 71.5 Å². The number of carboxylic acid groups (broad SMARTS) is 2. The van der Waals surface area contributed by atoms with Crippen molar-refractivity contribution in [2.45, 2.75) is 97.7 Å². The molecule has 8 N–H and O–H groups in total. The van der Waals surface area contributed by atoms with Gasteiger partial charge in [0.05, 0.1) is 19.6 Å². The number of aliphatic carboxylic acids is 2. The van der Waals surface area contributed by atoms with E-state index in [-0.39, 0.29) is 23.5 Å². The Morgan fingerprint density at radius 2 is 1.66 bits per heavy atom. The molecule has 0 amide bonds. The Morgan fingerprint density at radius 1 is 0.962 bits per heavy atom. The number of nitrogens with zero attached hydrogens (tertiary/aromatic N) is 3. The summed E-state index contributed by atoms with van der Waals surface area (Å²) in [6.07, 6.45) is 3.29. The van der Waals surface area contributed by atoms with Crippen LogP contribution >= 0.6 is 0 Å². The predicted molar refractivity (Wildman–Crippen MR) is 208 cm³/mol. The molecular formula is C40H55N7O6. The summed E-state index contributed by atoms with van der Waals surface area (Å²) in [5, 5.41) is 31.8. The lowest BCUT2D eigenvalue weighted by atomic mass is 9.87. The number of guanidine groups is 1. The summed E-state index contributed by atoms with van der Waals surface area (Å²) in [6, 6.07) is 21.6. The summed E-state index contributed by atoms with van der Waals surface area (Å²) < 4.78 is 8.97. The lowest BCUT2D eigenvalue weighted by Gasteiger charge is -2.19. The van der Waals surface area contributed by atoms with Crippen molar-refractivity contribution in [1.29, 1.82) is 5.41 Å². The van der Waals surface area contributed by atoms with Gasteiger partial charge in [0.1, 0.15) is 17.6 Å². The highest BCUT2D eigenvalue weighted by Crippen LogP contribution is 2.28. The topological polar surface area (TPSA) is 212 Å². The van der Waals surface area contributed by atoms with E-state index in [0.29, 0.717) is 56.8 Å². The molecule has 1 aromatic heterocycles. The SMILES string of the molecule is CCOc1ccc(-c2cccc(CCCc3nn(Cc4ccc(C(C)(C)C)cc4)c(=O)n3CC)c2)cc1CC(=O)O.N=C(N)NCCC[C@H](N)C(=O)O. The second-order valence-electron chi connectivity index (χ2n) is 13.9. The summed E-state index contributed by atoms with van der Waals surface area (Å²) in [4.78, 5) is 34.7. The first kappa shape index (κ1) is 42.0. The fourth-order valence-electron chi connectivity index (χ4n) is 5.76. The largest absolute Gasteiger partial charge is 0.494 e. The zero-order chi connectivity index (χ0) is 39.1. The molecule has 0 aliphatic carbocycles. The maximum absolute atomic E-state index is 13.1. The Kier molecular flexibility index (Phi) is 15.8. The van der Waals surface area contributed by atoms with Crippen molar-refractivity contribution in [1.82, 2.24) is 19.7 Å². The first-order chi connectivity index (χ1) is 25.1. The molecule has 0 fully saturated rings. The quantitative estimate of drug-likeness (QED) is 0.0490. The first-order valence-corrected chi connectivity index (χ1v) is 18.0. The third-order valence-electron chi connectivity index (χ3n) is 8.62. The third kappa shape index (κ3) is 13.2. The van der Waals surface area contributed by atoms with E-state index in [1.807, 2.05) is 44.2 Å². The van der Waals surface area contributed by atoms with Crippen molar-refractivity contribution in [3.8, 4) is 16.9 Å². The van der Waals surface area contributed by atoms with E-state index >= 15 is 0 Å². The number of carbonyl (C=O) groups is 2. The smallest absolute Gasteiger partial charge is 0.346 e. The number of nitrogens with one attached hydrogen (secondary N) is 2. The fourth-order valence-corrected chi connectivity index (χ4v) is 5.76. The van der Waals surface area contributed by atoms with Gasteiger partial charge in [0.25, 0.3) is 0 Å². The maximum atomic E-state index is 13.1. The van der Waals surface area contributed by atoms with Crippen LogP contribution in [0.5, 0.6) is 5.75 Å². The van der Waals surface area contributed by atoms with Crippen molar-refractivity contribution >= 4 is 17.9 Å². The lowest BCUT2D eigenvalue weighted by Crippen LogP contribution is -2.34. The minimum atomic E-state index is -1.00. The van der Waals surface area contributed by atoms with Gasteiger partial charge in [0.15, 0.2) is 5.96 Å². The normalized spacial score (nSPS) is 11.7. The number of ether oxygens (including phenoxy) is 1. The molecule has 0 saturated carbocycles. The fraction of sp³-hybridized carbons (Fsp3) is 0.425. The second-order valence-corrected chi connectivity index (χ2v) is 13.9. The summed E-state index contributed by atoms with van der Waals surface area (Å²) in [6.45, 7) is 12.4. The van der Waals surface area contributed by atoms with Gasteiger partial charge in [-0.25, -0.2) is 9.48 Å². The van der Waals surface area contributed by atoms with Crippen LogP contribution in [-0.2, 0) is 47.4 Å². The summed E-state index contributed by atoms with van der Waals surface area (Å²) in [7, 11) is 0. The molecule has 0 bridgehead atoms. The van der Waals surface area contributed by atoms with Gasteiger partial charge in [-0.05, 0) is 84.9 Å². The number of rotatable bonds is 17.